The number of halogens is 1. The van der Waals surface area contributed by atoms with Crippen LogP contribution in [0.15, 0.2) is 24.3 Å². The molecule has 0 aliphatic rings. The van der Waals surface area contributed by atoms with Gasteiger partial charge in [-0.25, -0.2) is 0 Å². The fourth-order valence-corrected chi connectivity index (χ4v) is 2.42. The van der Waals surface area contributed by atoms with E-state index >= 15 is 0 Å². The topological polar surface area (TPSA) is 12.0 Å². The van der Waals surface area contributed by atoms with Gasteiger partial charge in [0.25, 0.3) is 0 Å². The minimum Gasteiger partial charge on any atom is -0.310 e. The Balaban J connectivity index is 2.29. The third kappa shape index (κ3) is 5.88. The average Bonchev–Trinajstić information content (AvgIpc) is 2.38. The number of hydrogen-bond acceptors (Lipinski definition) is 1. The Morgan fingerprint density at radius 3 is 2.56 bits per heavy atom. The SMILES string of the molecule is CCCCCCCNC(CC)c1cccc(Cl)c1. The van der Waals surface area contributed by atoms with Crippen molar-refractivity contribution in [2.45, 2.75) is 58.4 Å². The molecule has 102 valence electrons. The van der Waals surface area contributed by atoms with Crippen LogP contribution >= 0.6 is 11.6 Å². The second-order valence-electron chi connectivity index (χ2n) is 4.88. The van der Waals surface area contributed by atoms with Crippen molar-refractivity contribution in [2.24, 2.45) is 0 Å². The van der Waals surface area contributed by atoms with E-state index in [0.29, 0.717) is 6.04 Å². The molecule has 0 saturated heterocycles. The molecule has 0 aromatic heterocycles. The first-order valence-electron chi connectivity index (χ1n) is 7.26. The Bertz CT molecular complexity index is 325. The van der Waals surface area contributed by atoms with Crippen LogP contribution in [-0.2, 0) is 0 Å². The van der Waals surface area contributed by atoms with E-state index in [4.69, 9.17) is 11.6 Å². The van der Waals surface area contributed by atoms with Crippen molar-refractivity contribution < 1.29 is 0 Å². The lowest BCUT2D eigenvalue weighted by Crippen LogP contribution is -2.21. The van der Waals surface area contributed by atoms with E-state index in [1.807, 2.05) is 12.1 Å². The van der Waals surface area contributed by atoms with Gasteiger partial charge >= 0.3 is 0 Å². The molecule has 0 aliphatic heterocycles. The highest BCUT2D eigenvalue weighted by atomic mass is 35.5. The van der Waals surface area contributed by atoms with Crippen LogP contribution in [0, 0.1) is 0 Å². The molecule has 1 rings (SSSR count). The van der Waals surface area contributed by atoms with Crippen LogP contribution in [-0.4, -0.2) is 6.54 Å². The molecule has 0 bridgehead atoms. The minimum absolute atomic E-state index is 0.440. The highest BCUT2D eigenvalue weighted by Crippen LogP contribution is 2.20. The summed E-state index contributed by atoms with van der Waals surface area (Å²) in [4.78, 5) is 0. The molecule has 0 heterocycles. The van der Waals surface area contributed by atoms with Gasteiger partial charge in [0.15, 0.2) is 0 Å². The first kappa shape index (κ1) is 15.5. The van der Waals surface area contributed by atoms with Crippen molar-refractivity contribution >= 4 is 11.6 Å². The van der Waals surface area contributed by atoms with Crippen molar-refractivity contribution in [3.8, 4) is 0 Å². The van der Waals surface area contributed by atoms with Crippen molar-refractivity contribution in [3.63, 3.8) is 0 Å². The lowest BCUT2D eigenvalue weighted by atomic mass is 10.0. The summed E-state index contributed by atoms with van der Waals surface area (Å²) in [6.07, 6.45) is 7.77. The molecule has 1 N–H and O–H groups in total. The van der Waals surface area contributed by atoms with E-state index in [2.05, 4.69) is 31.3 Å². The summed E-state index contributed by atoms with van der Waals surface area (Å²) in [6.45, 7) is 5.58. The molecule has 0 spiro atoms. The molecule has 0 fully saturated rings. The molecule has 1 nitrogen and oxygen atoms in total. The summed E-state index contributed by atoms with van der Waals surface area (Å²) in [5.74, 6) is 0. The molecule has 2 heteroatoms. The van der Waals surface area contributed by atoms with Gasteiger partial charge in [-0.05, 0) is 37.1 Å². The first-order valence-corrected chi connectivity index (χ1v) is 7.64. The molecular weight excluding hydrogens is 242 g/mol. The van der Waals surface area contributed by atoms with Crippen LogP contribution in [0.4, 0.5) is 0 Å². The Hall–Kier alpha value is -0.530. The van der Waals surface area contributed by atoms with E-state index in [1.54, 1.807) is 0 Å². The Morgan fingerprint density at radius 1 is 1.11 bits per heavy atom. The second kappa shape index (κ2) is 9.41. The first-order chi connectivity index (χ1) is 8.77. The molecule has 1 aromatic carbocycles. The Morgan fingerprint density at radius 2 is 1.89 bits per heavy atom. The van der Waals surface area contributed by atoms with Gasteiger partial charge in [-0.3, -0.25) is 0 Å². The third-order valence-corrected chi connectivity index (χ3v) is 3.57. The highest BCUT2D eigenvalue weighted by Gasteiger charge is 2.08. The maximum Gasteiger partial charge on any atom is 0.0409 e. The number of benzene rings is 1. The smallest absolute Gasteiger partial charge is 0.0409 e. The molecule has 0 amide bonds. The molecular formula is C16H26ClN. The summed E-state index contributed by atoms with van der Waals surface area (Å²) in [7, 11) is 0. The van der Waals surface area contributed by atoms with Crippen LogP contribution in [0.5, 0.6) is 0 Å². The lowest BCUT2D eigenvalue weighted by molar-refractivity contribution is 0.495. The zero-order valence-electron chi connectivity index (χ0n) is 11.7. The standard InChI is InChI=1S/C16H26ClN/c1-3-5-6-7-8-12-18-16(4-2)14-10-9-11-15(17)13-14/h9-11,13,16,18H,3-8,12H2,1-2H3. The van der Waals surface area contributed by atoms with Crippen LogP contribution in [0.25, 0.3) is 0 Å². The van der Waals surface area contributed by atoms with Crippen LogP contribution in [0.2, 0.25) is 5.02 Å². The largest absolute Gasteiger partial charge is 0.310 e. The third-order valence-electron chi connectivity index (χ3n) is 3.33. The zero-order valence-corrected chi connectivity index (χ0v) is 12.5. The fourth-order valence-electron chi connectivity index (χ4n) is 2.23. The average molecular weight is 268 g/mol. The van der Waals surface area contributed by atoms with Gasteiger partial charge < -0.3 is 5.32 Å². The van der Waals surface area contributed by atoms with E-state index < -0.39 is 0 Å². The van der Waals surface area contributed by atoms with Gasteiger partial charge in [0.2, 0.25) is 0 Å². The zero-order chi connectivity index (χ0) is 13.2. The maximum atomic E-state index is 6.04. The molecule has 1 atom stereocenters. The quantitative estimate of drug-likeness (QED) is 0.595. The molecule has 0 aliphatic carbocycles. The van der Waals surface area contributed by atoms with Gasteiger partial charge in [0, 0.05) is 11.1 Å². The number of hydrogen-bond donors (Lipinski definition) is 1. The van der Waals surface area contributed by atoms with Crippen LogP contribution in [0.1, 0.15) is 64.0 Å². The summed E-state index contributed by atoms with van der Waals surface area (Å²) in [5.41, 5.74) is 1.30. The van der Waals surface area contributed by atoms with Gasteiger partial charge in [-0.1, -0.05) is 63.3 Å². The molecule has 1 unspecified atom stereocenters. The van der Waals surface area contributed by atoms with E-state index in [0.717, 1.165) is 18.0 Å². The van der Waals surface area contributed by atoms with Crippen molar-refractivity contribution in [3.05, 3.63) is 34.9 Å². The van der Waals surface area contributed by atoms with E-state index in [1.165, 1.54) is 37.7 Å². The van der Waals surface area contributed by atoms with Crippen molar-refractivity contribution in [1.82, 2.24) is 5.32 Å². The monoisotopic (exact) mass is 267 g/mol. The fraction of sp³-hybridized carbons (Fsp3) is 0.625. The summed E-state index contributed by atoms with van der Waals surface area (Å²) < 4.78 is 0. The summed E-state index contributed by atoms with van der Waals surface area (Å²) >= 11 is 6.04. The summed E-state index contributed by atoms with van der Waals surface area (Å²) in [6, 6.07) is 8.63. The lowest BCUT2D eigenvalue weighted by Gasteiger charge is -2.17. The molecule has 1 aromatic rings. The van der Waals surface area contributed by atoms with Gasteiger partial charge in [-0.2, -0.15) is 0 Å². The predicted molar refractivity (Wildman–Crippen MR) is 81.2 cm³/mol. The minimum atomic E-state index is 0.440. The molecule has 0 saturated carbocycles. The van der Waals surface area contributed by atoms with Crippen LogP contribution < -0.4 is 5.32 Å². The summed E-state index contributed by atoms with van der Waals surface area (Å²) in [5, 5.41) is 4.46. The van der Waals surface area contributed by atoms with Crippen molar-refractivity contribution in [2.75, 3.05) is 6.54 Å². The Kier molecular flexibility index (Phi) is 8.11. The molecule has 0 radical (unpaired) electrons. The normalized spacial score (nSPS) is 12.6. The number of rotatable bonds is 9. The second-order valence-corrected chi connectivity index (χ2v) is 5.32. The van der Waals surface area contributed by atoms with Crippen molar-refractivity contribution in [1.29, 1.82) is 0 Å². The number of unbranched alkanes of at least 4 members (excludes halogenated alkanes) is 4. The van der Waals surface area contributed by atoms with Gasteiger partial charge in [-0.15, -0.1) is 0 Å². The Labute approximate surface area is 117 Å². The predicted octanol–water partition coefficient (Wildman–Crippen LogP) is 5.35. The maximum absolute atomic E-state index is 6.04. The van der Waals surface area contributed by atoms with Gasteiger partial charge in [0.05, 0.1) is 0 Å². The highest BCUT2D eigenvalue weighted by molar-refractivity contribution is 6.30. The van der Waals surface area contributed by atoms with Gasteiger partial charge in [0.1, 0.15) is 0 Å². The van der Waals surface area contributed by atoms with E-state index in [9.17, 15) is 0 Å². The number of nitrogens with one attached hydrogen (secondary N) is 1. The molecule has 18 heavy (non-hydrogen) atoms. The van der Waals surface area contributed by atoms with Crippen LogP contribution in [0.3, 0.4) is 0 Å². The van der Waals surface area contributed by atoms with E-state index in [-0.39, 0.29) is 0 Å².